The number of benzene rings is 3. The lowest BCUT2D eigenvalue weighted by atomic mass is 10.1. The first kappa shape index (κ1) is 20.7. The molecule has 0 atom stereocenters. The molecular formula is C29H21N6+. The largest absolute Gasteiger partial charge is 0.256 e. The quantitative estimate of drug-likeness (QED) is 0.290. The average Bonchev–Trinajstić information content (AvgIpc) is 3.45. The smallest absolute Gasteiger partial charge is 0.249 e. The van der Waals surface area contributed by atoms with Crippen molar-refractivity contribution < 1.29 is 4.70 Å². The molecule has 0 saturated heterocycles. The van der Waals surface area contributed by atoms with E-state index in [-0.39, 0.29) is 0 Å². The molecule has 0 amide bonds. The predicted molar refractivity (Wildman–Crippen MR) is 136 cm³/mol. The Hall–Kier alpha value is -4.84. The summed E-state index contributed by atoms with van der Waals surface area (Å²) in [5.41, 5.74) is 7.32. The van der Waals surface area contributed by atoms with Crippen molar-refractivity contribution in [1.82, 2.24) is 15.0 Å². The zero-order chi connectivity index (χ0) is 23.5. The maximum atomic E-state index is 4.87. The van der Waals surface area contributed by atoms with Crippen LogP contribution in [-0.2, 0) is 0 Å². The van der Waals surface area contributed by atoms with Crippen LogP contribution in [0.15, 0.2) is 126 Å². The summed E-state index contributed by atoms with van der Waals surface area (Å²) >= 11 is 0. The van der Waals surface area contributed by atoms with Crippen molar-refractivity contribution in [3.05, 3.63) is 121 Å². The Morgan fingerprint density at radius 1 is 0.571 bits per heavy atom. The second kappa shape index (κ2) is 9.19. The Labute approximate surface area is 203 Å². The van der Waals surface area contributed by atoms with Gasteiger partial charge in [0.1, 0.15) is 10.9 Å². The normalized spacial score (nSPS) is 12.8. The van der Waals surface area contributed by atoms with Crippen LogP contribution in [0, 0.1) is 0 Å². The van der Waals surface area contributed by atoms with E-state index in [1.165, 1.54) is 0 Å². The number of aromatic nitrogens is 3. The Bertz CT molecular complexity index is 1490. The van der Waals surface area contributed by atoms with E-state index in [0.29, 0.717) is 12.4 Å². The van der Waals surface area contributed by atoms with Crippen molar-refractivity contribution in [3.63, 3.8) is 0 Å². The lowest BCUT2D eigenvalue weighted by molar-refractivity contribution is -0.492. The highest BCUT2D eigenvalue weighted by Gasteiger charge is 2.26. The lowest BCUT2D eigenvalue weighted by Crippen LogP contribution is -2.14. The van der Waals surface area contributed by atoms with E-state index in [0.717, 1.165) is 45.2 Å². The summed E-state index contributed by atoms with van der Waals surface area (Å²) in [6.45, 7) is 0.519. The van der Waals surface area contributed by atoms with Crippen molar-refractivity contribution in [2.45, 2.75) is 0 Å². The minimum absolute atomic E-state index is 0.519. The second-order valence-corrected chi connectivity index (χ2v) is 8.15. The van der Waals surface area contributed by atoms with Gasteiger partial charge in [0.15, 0.2) is 18.1 Å². The first-order chi connectivity index (χ1) is 17.3. The zero-order valence-corrected chi connectivity index (χ0v) is 18.9. The van der Waals surface area contributed by atoms with Gasteiger partial charge in [-0.05, 0) is 30.3 Å². The van der Waals surface area contributed by atoms with Crippen molar-refractivity contribution in [2.24, 2.45) is 10.3 Å². The van der Waals surface area contributed by atoms with Crippen LogP contribution in [0.1, 0.15) is 5.69 Å². The molecule has 2 aromatic heterocycles. The molecule has 166 valence electrons. The molecule has 6 heteroatoms. The van der Waals surface area contributed by atoms with E-state index in [1.54, 1.807) is 6.20 Å². The standard InChI is InChI=1S/C29H21N6/c1-3-10-21(11-4-1)26-19-27(32-29(31-26)22-12-5-2-6-13-22)28-20-35(34-33-28)24-15-9-14-23(18-24)25-16-7-8-17-30-25/h1-19H,20H2/q+1. The number of nitrogens with zero attached hydrogens (tertiary/aromatic N) is 6. The Kier molecular flexibility index (Phi) is 5.45. The van der Waals surface area contributed by atoms with Crippen LogP contribution in [-0.4, -0.2) is 31.9 Å². The van der Waals surface area contributed by atoms with Gasteiger partial charge < -0.3 is 0 Å². The van der Waals surface area contributed by atoms with Gasteiger partial charge >= 0.3 is 0 Å². The van der Waals surface area contributed by atoms with Gasteiger partial charge in [0.05, 0.1) is 16.5 Å². The van der Waals surface area contributed by atoms with Crippen LogP contribution >= 0.6 is 0 Å². The fourth-order valence-electron chi connectivity index (χ4n) is 4.02. The Morgan fingerprint density at radius 3 is 2.06 bits per heavy atom. The molecule has 0 unspecified atom stereocenters. The molecule has 0 aliphatic carbocycles. The van der Waals surface area contributed by atoms with Gasteiger partial charge in [-0.15, -0.1) is 4.70 Å². The first-order valence-electron chi connectivity index (χ1n) is 11.4. The topological polar surface area (TPSA) is 66.4 Å². The summed E-state index contributed by atoms with van der Waals surface area (Å²) in [4.78, 5) is 14.2. The van der Waals surface area contributed by atoms with Gasteiger partial charge in [0.2, 0.25) is 5.71 Å². The Morgan fingerprint density at radius 2 is 1.29 bits per heavy atom. The van der Waals surface area contributed by atoms with E-state index in [1.807, 2.05) is 95.7 Å². The third kappa shape index (κ3) is 4.37. The van der Waals surface area contributed by atoms with Gasteiger partial charge in [0.25, 0.3) is 0 Å². The summed E-state index contributed by atoms with van der Waals surface area (Å²) in [6, 6.07) is 36.2. The number of pyridine rings is 1. The SMILES string of the molecule is c1ccc(-c2cc(C3=NN=[N+](c4cccc(-c5ccccn5)c4)C3)nc(-c3ccccc3)n2)cc1. The number of hydrogen-bond donors (Lipinski definition) is 0. The molecule has 0 saturated carbocycles. The minimum Gasteiger partial charge on any atom is -0.256 e. The average molecular weight is 454 g/mol. The second-order valence-electron chi connectivity index (χ2n) is 8.15. The molecule has 0 bridgehead atoms. The van der Waals surface area contributed by atoms with Crippen LogP contribution in [0.2, 0.25) is 0 Å². The highest BCUT2D eigenvalue weighted by Crippen LogP contribution is 2.26. The zero-order valence-electron chi connectivity index (χ0n) is 18.9. The molecule has 3 aromatic carbocycles. The molecule has 3 heterocycles. The summed E-state index contributed by atoms with van der Waals surface area (Å²) in [7, 11) is 0. The van der Waals surface area contributed by atoms with Gasteiger partial charge in [-0.3, -0.25) is 4.98 Å². The molecule has 6 rings (SSSR count). The fraction of sp³-hybridized carbons (Fsp3) is 0.0345. The van der Waals surface area contributed by atoms with Crippen LogP contribution in [0.25, 0.3) is 33.9 Å². The highest BCUT2D eigenvalue weighted by molar-refractivity contribution is 6.01. The van der Waals surface area contributed by atoms with Crippen LogP contribution < -0.4 is 0 Å². The van der Waals surface area contributed by atoms with E-state index in [9.17, 15) is 0 Å². The van der Waals surface area contributed by atoms with E-state index in [2.05, 4.69) is 33.5 Å². The molecule has 35 heavy (non-hydrogen) atoms. The first-order valence-corrected chi connectivity index (χ1v) is 11.4. The molecule has 0 radical (unpaired) electrons. The van der Waals surface area contributed by atoms with Crippen molar-refractivity contribution in [3.8, 4) is 33.9 Å². The van der Waals surface area contributed by atoms with Crippen LogP contribution in [0.4, 0.5) is 5.69 Å². The van der Waals surface area contributed by atoms with Crippen LogP contribution in [0.3, 0.4) is 0 Å². The van der Waals surface area contributed by atoms with E-state index < -0.39 is 0 Å². The number of rotatable bonds is 5. The maximum absolute atomic E-state index is 4.87. The third-order valence-corrected chi connectivity index (χ3v) is 5.80. The van der Waals surface area contributed by atoms with E-state index >= 15 is 0 Å². The Balaban J connectivity index is 1.33. The molecule has 1 aliphatic heterocycles. The molecule has 0 spiro atoms. The molecule has 0 fully saturated rings. The van der Waals surface area contributed by atoms with Crippen molar-refractivity contribution >= 4 is 11.4 Å². The molecule has 5 aromatic rings. The highest BCUT2D eigenvalue weighted by atomic mass is 15.5. The summed E-state index contributed by atoms with van der Waals surface area (Å²) in [6.07, 6.45) is 1.80. The fourth-order valence-corrected chi connectivity index (χ4v) is 4.02. The number of hydrogen-bond acceptors (Lipinski definition) is 5. The van der Waals surface area contributed by atoms with Gasteiger partial charge in [-0.2, -0.15) is 0 Å². The van der Waals surface area contributed by atoms with Gasteiger partial charge in [0, 0.05) is 22.9 Å². The predicted octanol–water partition coefficient (Wildman–Crippen LogP) is 6.39. The van der Waals surface area contributed by atoms with Gasteiger partial charge in [-0.25, -0.2) is 9.97 Å². The summed E-state index contributed by atoms with van der Waals surface area (Å²) in [5.74, 6) is 0.667. The third-order valence-electron chi connectivity index (χ3n) is 5.80. The lowest BCUT2D eigenvalue weighted by Gasteiger charge is -2.07. The van der Waals surface area contributed by atoms with E-state index in [4.69, 9.17) is 9.97 Å². The molecule has 0 N–H and O–H groups in total. The molecular weight excluding hydrogens is 432 g/mol. The summed E-state index contributed by atoms with van der Waals surface area (Å²) < 4.78 is 1.88. The van der Waals surface area contributed by atoms with Gasteiger partial charge in [-0.1, -0.05) is 78.9 Å². The monoisotopic (exact) mass is 453 g/mol. The summed E-state index contributed by atoms with van der Waals surface area (Å²) in [5, 5.41) is 8.94. The molecule has 1 aliphatic rings. The van der Waals surface area contributed by atoms with Crippen LogP contribution in [0.5, 0.6) is 0 Å². The minimum atomic E-state index is 0.519. The van der Waals surface area contributed by atoms with Crippen molar-refractivity contribution in [1.29, 1.82) is 0 Å². The van der Waals surface area contributed by atoms with Crippen molar-refractivity contribution in [2.75, 3.05) is 6.54 Å². The maximum Gasteiger partial charge on any atom is 0.249 e. The molecule has 6 nitrogen and oxygen atoms in total.